The fourth-order valence-corrected chi connectivity index (χ4v) is 2.76. The van der Waals surface area contributed by atoms with E-state index < -0.39 is 12.0 Å². The summed E-state index contributed by atoms with van der Waals surface area (Å²) in [5.41, 5.74) is 0. The standard InChI is InChI=1S/C11H17NO3/c1-6-2-3-8-7(4-6)10(13)5-9(12-8)11(14)15/h6-9,12H,2-5H2,1H3,(H,14,15). The number of nitrogens with one attached hydrogen (secondary N) is 1. The van der Waals surface area contributed by atoms with Gasteiger partial charge in [-0.2, -0.15) is 0 Å². The van der Waals surface area contributed by atoms with Gasteiger partial charge in [0.2, 0.25) is 0 Å². The van der Waals surface area contributed by atoms with E-state index >= 15 is 0 Å². The molecule has 4 nitrogen and oxygen atoms in total. The third kappa shape index (κ3) is 2.04. The van der Waals surface area contributed by atoms with E-state index in [1.165, 1.54) is 0 Å². The van der Waals surface area contributed by atoms with Crippen molar-refractivity contribution < 1.29 is 14.7 Å². The van der Waals surface area contributed by atoms with Crippen LogP contribution < -0.4 is 5.32 Å². The van der Waals surface area contributed by atoms with Crippen LogP contribution in [-0.2, 0) is 9.59 Å². The van der Waals surface area contributed by atoms with Gasteiger partial charge in [-0.25, -0.2) is 0 Å². The lowest BCUT2D eigenvalue weighted by Crippen LogP contribution is -2.56. The summed E-state index contributed by atoms with van der Waals surface area (Å²) in [6.07, 6.45) is 3.10. The van der Waals surface area contributed by atoms with Gasteiger partial charge in [0.15, 0.2) is 0 Å². The first-order valence-electron chi connectivity index (χ1n) is 5.59. The summed E-state index contributed by atoms with van der Waals surface area (Å²) in [5, 5.41) is 12.0. The number of hydrogen-bond donors (Lipinski definition) is 2. The molecule has 84 valence electrons. The van der Waals surface area contributed by atoms with Gasteiger partial charge in [0.25, 0.3) is 0 Å². The molecule has 2 N–H and O–H groups in total. The van der Waals surface area contributed by atoms with Crippen molar-refractivity contribution >= 4 is 11.8 Å². The molecular formula is C11H17NO3. The van der Waals surface area contributed by atoms with Gasteiger partial charge in [0.05, 0.1) is 0 Å². The van der Waals surface area contributed by atoms with Crippen LogP contribution in [0, 0.1) is 11.8 Å². The first-order chi connectivity index (χ1) is 7.08. The Morgan fingerprint density at radius 1 is 1.47 bits per heavy atom. The average molecular weight is 211 g/mol. The van der Waals surface area contributed by atoms with Crippen LogP contribution in [0.5, 0.6) is 0 Å². The van der Waals surface area contributed by atoms with Crippen LogP contribution in [-0.4, -0.2) is 28.9 Å². The van der Waals surface area contributed by atoms with Gasteiger partial charge in [-0.1, -0.05) is 6.92 Å². The molecule has 0 amide bonds. The molecule has 0 radical (unpaired) electrons. The molecule has 2 fully saturated rings. The van der Waals surface area contributed by atoms with Crippen LogP contribution in [0.3, 0.4) is 0 Å². The molecule has 4 atom stereocenters. The number of carboxylic acid groups (broad SMARTS) is 1. The van der Waals surface area contributed by atoms with E-state index in [-0.39, 0.29) is 24.2 Å². The Hall–Kier alpha value is -0.900. The van der Waals surface area contributed by atoms with E-state index in [2.05, 4.69) is 12.2 Å². The highest BCUT2D eigenvalue weighted by atomic mass is 16.4. The Balaban J connectivity index is 2.07. The summed E-state index contributed by atoms with van der Waals surface area (Å²) in [7, 11) is 0. The zero-order valence-electron chi connectivity index (χ0n) is 8.90. The Bertz CT molecular complexity index is 290. The number of carboxylic acids is 1. The van der Waals surface area contributed by atoms with E-state index in [9.17, 15) is 9.59 Å². The first-order valence-corrected chi connectivity index (χ1v) is 5.59. The van der Waals surface area contributed by atoms with Crippen molar-refractivity contribution in [2.45, 2.75) is 44.7 Å². The maximum Gasteiger partial charge on any atom is 0.321 e. The molecule has 2 aliphatic rings. The number of aliphatic carboxylic acids is 1. The second-order valence-corrected chi connectivity index (χ2v) is 4.86. The average Bonchev–Trinajstić information content (AvgIpc) is 2.18. The Kier molecular flexibility index (Phi) is 2.78. The number of Topliss-reactive ketones (excluding diaryl/α,β-unsaturated/α-hetero) is 1. The summed E-state index contributed by atoms with van der Waals surface area (Å²) in [6.45, 7) is 2.16. The summed E-state index contributed by atoms with van der Waals surface area (Å²) in [6, 6.07) is -0.560. The number of fused-ring (bicyclic) bond motifs is 1. The van der Waals surface area contributed by atoms with E-state index in [1.54, 1.807) is 0 Å². The molecule has 4 unspecified atom stereocenters. The minimum absolute atomic E-state index is 0.0596. The fourth-order valence-electron chi connectivity index (χ4n) is 2.76. The van der Waals surface area contributed by atoms with Gasteiger partial charge in [0.1, 0.15) is 11.8 Å². The Morgan fingerprint density at radius 3 is 2.87 bits per heavy atom. The maximum atomic E-state index is 11.8. The quantitative estimate of drug-likeness (QED) is 0.673. The molecule has 0 spiro atoms. The molecule has 0 aromatic heterocycles. The second-order valence-electron chi connectivity index (χ2n) is 4.86. The lowest BCUT2D eigenvalue weighted by atomic mass is 9.73. The predicted octanol–water partition coefficient (Wildman–Crippen LogP) is 0.807. The van der Waals surface area contributed by atoms with Crippen LogP contribution in [0.4, 0.5) is 0 Å². The molecule has 1 aliphatic heterocycles. The van der Waals surface area contributed by atoms with Crippen LogP contribution in [0.2, 0.25) is 0 Å². The molecular weight excluding hydrogens is 194 g/mol. The molecule has 1 saturated heterocycles. The minimum atomic E-state index is -0.902. The molecule has 2 rings (SSSR count). The van der Waals surface area contributed by atoms with Crippen molar-refractivity contribution in [3.05, 3.63) is 0 Å². The van der Waals surface area contributed by atoms with Crippen molar-refractivity contribution in [1.82, 2.24) is 5.32 Å². The number of piperidine rings is 1. The summed E-state index contributed by atoms with van der Waals surface area (Å²) < 4.78 is 0. The van der Waals surface area contributed by atoms with Crippen LogP contribution in [0.15, 0.2) is 0 Å². The zero-order chi connectivity index (χ0) is 11.0. The Morgan fingerprint density at radius 2 is 2.20 bits per heavy atom. The minimum Gasteiger partial charge on any atom is -0.480 e. The van der Waals surface area contributed by atoms with E-state index in [0.29, 0.717) is 5.92 Å². The number of carbonyl (C=O) groups excluding carboxylic acids is 1. The molecule has 0 aromatic carbocycles. The molecule has 4 heteroatoms. The van der Waals surface area contributed by atoms with Crippen LogP contribution in [0.25, 0.3) is 0 Å². The summed E-state index contributed by atoms with van der Waals surface area (Å²) >= 11 is 0. The largest absolute Gasteiger partial charge is 0.480 e. The van der Waals surface area contributed by atoms with E-state index in [0.717, 1.165) is 19.3 Å². The fraction of sp³-hybridized carbons (Fsp3) is 0.818. The number of carbonyl (C=O) groups is 2. The summed E-state index contributed by atoms with van der Waals surface area (Å²) in [5.74, 6) is -0.110. The topological polar surface area (TPSA) is 66.4 Å². The number of hydrogen-bond acceptors (Lipinski definition) is 3. The van der Waals surface area contributed by atoms with Crippen molar-refractivity contribution in [2.75, 3.05) is 0 Å². The smallest absolute Gasteiger partial charge is 0.321 e. The van der Waals surface area contributed by atoms with Crippen molar-refractivity contribution in [3.63, 3.8) is 0 Å². The highest BCUT2D eigenvalue weighted by Gasteiger charge is 2.41. The predicted molar refractivity (Wildman–Crippen MR) is 54.5 cm³/mol. The second kappa shape index (κ2) is 3.93. The number of ketones is 1. The normalized spacial score (nSPS) is 41.0. The van der Waals surface area contributed by atoms with Crippen LogP contribution in [0.1, 0.15) is 32.6 Å². The lowest BCUT2D eigenvalue weighted by Gasteiger charge is -2.40. The van der Waals surface area contributed by atoms with Crippen molar-refractivity contribution in [1.29, 1.82) is 0 Å². The van der Waals surface area contributed by atoms with Crippen LogP contribution >= 0.6 is 0 Å². The van der Waals surface area contributed by atoms with Gasteiger partial charge in [-0.15, -0.1) is 0 Å². The molecule has 0 aromatic rings. The van der Waals surface area contributed by atoms with Gasteiger partial charge in [-0.3, -0.25) is 9.59 Å². The van der Waals surface area contributed by atoms with Gasteiger partial charge in [-0.05, 0) is 25.2 Å². The van der Waals surface area contributed by atoms with Gasteiger partial charge in [0, 0.05) is 18.4 Å². The SMILES string of the molecule is CC1CCC2NC(C(=O)O)CC(=O)C2C1. The number of rotatable bonds is 1. The lowest BCUT2D eigenvalue weighted by molar-refractivity contribution is -0.145. The molecule has 15 heavy (non-hydrogen) atoms. The molecule has 1 saturated carbocycles. The zero-order valence-corrected chi connectivity index (χ0v) is 8.90. The highest BCUT2D eigenvalue weighted by Crippen LogP contribution is 2.33. The molecule has 0 bridgehead atoms. The van der Waals surface area contributed by atoms with Crippen molar-refractivity contribution in [2.24, 2.45) is 11.8 Å². The van der Waals surface area contributed by atoms with E-state index in [4.69, 9.17) is 5.11 Å². The third-order valence-corrected chi connectivity index (χ3v) is 3.64. The monoisotopic (exact) mass is 211 g/mol. The van der Waals surface area contributed by atoms with Gasteiger partial charge >= 0.3 is 5.97 Å². The molecule has 1 heterocycles. The summed E-state index contributed by atoms with van der Waals surface area (Å²) in [4.78, 5) is 22.6. The van der Waals surface area contributed by atoms with Crippen molar-refractivity contribution in [3.8, 4) is 0 Å². The van der Waals surface area contributed by atoms with E-state index in [1.807, 2.05) is 0 Å². The van der Waals surface area contributed by atoms with Gasteiger partial charge < -0.3 is 10.4 Å². The highest BCUT2D eigenvalue weighted by molar-refractivity contribution is 5.89. The molecule has 1 aliphatic carbocycles. The maximum absolute atomic E-state index is 11.8. The third-order valence-electron chi connectivity index (χ3n) is 3.64. The Labute approximate surface area is 89.0 Å². The first kappa shape index (κ1) is 10.6.